The van der Waals surface area contributed by atoms with Crippen LogP contribution in [0.5, 0.6) is 46.0 Å². The van der Waals surface area contributed by atoms with Gasteiger partial charge in [-0.05, 0) is 84.9 Å². The van der Waals surface area contributed by atoms with Gasteiger partial charge in [0.1, 0.15) is 48.1 Å². The number of carbonyl (C=O) groups is 4. The highest BCUT2D eigenvalue weighted by Gasteiger charge is 2.22. The molecule has 206 valence electrons. The molecule has 42 heavy (non-hydrogen) atoms. The van der Waals surface area contributed by atoms with E-state index in [2.05, 4.69) is 0 Å². The Morgan fingerprint density at radius 3 is 1.10 bits per heavy atom. The summed E-state index contributed by atoms with van der Waals surface area (Å²) in [4.78, 5) is 45.1. The Morgan fingerprint density at radius 1 is 0.357 bits per heavy atom. The molecule has 0 saturated carbocycles. The zero-order valence-corrected chi connectivity index (χ0v) is 22.0. The van der Waals surface area contributed by atoms with Crippen molar-refractivity contribution in [1.82, 2.24) is 0 Å². The number of carbonyl (C=O) groups excluding carboxylic acids is 4. The lowest BCUT2D eigenvalue weighted by atomic mass is 10.2. The van der Waals surface area contributed by atoms with Crippen LogP contribution in [-0.4, -0.2) is 25.1 Å². The van der Waals surface area contributed by atoms with Gasteiger partial charge in [0, 0.05) is 22.3 Å². The molecule has 5 aromatic rings. The molecular weight excluding hydrogens is 536 g/mol. The number of hydrogen-bond acceptors (Lipinski definition) is 8. The van der Waals surface area contributed by atoms with Gasteiger partial charge in [-0.15, -0.1) is 0 Å². The fourth-order valence-corrected chi connectivity index (χ4v) is 3.90. The van der Waals surface area contributed by atoms with Crippen molar-refractivity contribution in [3.8, 4) is 46.0 Å². The molecule has 0 amide bonds. The van der Waals surface area contributed by atoms with Crippen LogP contribution in [0.1, 0.15) is 41.4 Å². The van der Waals surface area contributed by atoms with Gasteiger partial charge in [0.15, 0.2) is 11.5 Å². The van der Waals surface area contributed by atoms with E-state index >= 15 is 0 Å². The highest BCUT2D eigenvalue weighted by molar-refractivity contribution is 5.77. The maximum absolute atomic E-state index is 11.4. The molecular formula is C34H22O8. The van der Waals surface area contributed by atoms with Crippen LogP contribution >= 0.6 is 0 Å². The first-order chi connectivity index (χ1) is 20.6. The van der Waals surface area contributed by atoms with Gasteiger partial charge in [-0.25, -0.2) is 0 Å². The molecule has 0 bridgehead atoms. The molecule has 0 spiro atoms. The van der Waals surface area contributed by atoms with Crippen LogP contribution < -0.4 is 18.9 Å². The summed E-state index contributed by atoms with van der Waals surface area (Å²) < 4.78 is 24.9. The summed E-state index contributed by atoms with van der Waals surface area (Å²) in [6.07, 6.45) is 2.86. The van der Waals surface area contributed by atoms with E-state index in [9.17, 15) is 19.2 Å². The third-order valence-corrected chi connectivity index (χ3v) is 5.96. The molecule has 0 saturated heterocycles. The minimum atomic E-state index is 0.119. The van der Waals surface area contributed by atoms with Crippen LogP contribution in [0.2, 0.25) is 0 Å². The van der Waals surface area contributed by atoms with Crippen molar-refractivity contribution in [1.29, 1.82) is 0 Å². The van der Waals surface area contributed by atoms with Gasteiger partial charge >= 0.3 is 0 Å². The van der Waals surface area contributed by atoms with E-state index < -0.39 is 0 Å². The highest BCUT2D eigenvalue weighted by atomic mass is 16.6. The maximum atomic E-state index is 11.4. The summed E-state index contributed by atoms with van der Waals surface area (Å²) in [5, 5.41) is 0. The Bertz CT molecular complexity index is 1610. The van der Waals surface area contributed by atoms with Gasteiger partial charge in [0.2, 0.25) is 11.5 Å². The van der Waals surface area contributed by atoms with Gasteiger partial charge in [0.05, 0.1) is 0 Å². The average molecular weight is 559 g/mol. The second-order valence-electron chi connectivity index (χ2n) is 8.88. The minimum Gasteiger partial charge on any atom is -0.453 e. The molecule has 0 atom stereocenters. The zero-order valence-electron chi connectivity index (χ0n) is 22.0. The van der Waals surface area contributed by atoms with E-state index in [1.54, 1.807) is 109 Å². The molecule has 0 N–H and O–H groups in total. The van der Waals surface area contributed by atoms with Crippen molar-refractivity contribution in [3.05, 3.63) is 131 Å². The number of aldehydes is 4. The molecule has 8 heteroatoms. The molecule has 0 heterocycles. The third kappa shape index (κ3) is 6.57. The fourth-order valence-electron chi connectivity index (χ4n) is 3.90. The molecule has 8 nitrogen and oxygen atoms in total. The molecule has 5 aromatic carbocycles. The first-order valence-corrected chi connectivity index (χ1v) is 12.7. The topological polar surface area (TPSA) is 105 Å². The second kappa shape index (κ2) is 12.9. The first-order valence-electron chi connectivity index (χ1n) is 12.7. The third-order valence-electron chi connectivity index (χ3n) is 5.96. The lowest BCUT2D eigenvalue weighted by Crippen LogP contribution is -1.98. The zero-order chi connectivity index (χ0) is 29.3. The van der Waals surface area contributed by atoms with Crippen molar-refractivity contribution in [3.63, 3.8) is 0 Å². The summed E-state index contributed by atoms with van der Waals surface area (Å²) in [5.41, 5.74) is 1.76. The number of ether oxygens (including phenoxy) is 4. The lowest BCUT2D eigenvalue weighted by Gasteiger charge is -2.20. The Kier molecular flexibility index (Phi) is 8.45. The Balaban J connectivity index is 1.65. The molecule has 0 fully saturated rings. The monoisotopic (exact) mass is 558 g/mol. The molecule has 0 aliphatic carbocycles. The predicted molar refractivity (Wildman–Crippen MR) is 154 cm³/mol. The molecule has 0 aromatic heterocycles. The van der Waals surface area contributed by atoms with Crippen LogP contribution in [0.15, 0.2) is 109 Å². The van der Waals surface area contributed by atoms with E-state index in [4.69, 9.17) is 18.9 Å². The van der Waals surface area contributed by atoms with E-state index in [1.807, 2.05) is 0 Å². The van der Waals surface area contributed by atoms with Crippen molar-refractivity contribution < 1.29 is 38.1 Å². The number of hydrogen-bond donors (Lipinski definition) is 0. The SMILES string of the molecule is O=Cc1ccc(Oc2c(Oc3cccc(C=O)c3)ccc(Oc3cccc(C=O)c3)c2Oc2ccc(C=O)cc2)cc1. The van der Waals surface area contributed by atoms with Gasteiger partial charge in [-0.2, -0.15) is 0 Å². The van der Waals surface area contributed by atoms with Crippen LogP contribution in [0.25, 0.3) is 0 Å². The maximum Gasteiger partial charge on any atom is 0.216 e. The van der Waals surface area contributed by atoms with Crippen molar-refractivity contribution in [2.75, 3.05) is 0 Å². The van der Waals surface area contributed by atoms with Crippen molar-refractivity contribution in [2.45, 2.75) is 0 Å². The molecule has 5 rings (SSSR count). The molecule has 0 radical (unpaired) electrons. The minimum absolute atomic E-state index is 0.119. The lowest BCUT2D eigenvalue weighted by molar-refractivity contribution is 0.111. The molecule has 0 aliphatic heterocycles. The summed E-state index contributed by atoms with van der Waals surface area (Å²) in [6, 6.07) is 29.3. The van der Waals surface area contributed by atoms with Crippen LogP contribution in [-0.2, 0) is 0 Å². The van der Waals surface area contributed by atoms with E-state index in [-0.39, 0.29) is 23.0 Å². The van der Waals surface area contributed by atoms with Crippen LogP contribution in [0.4, 0.5) is 0 Å². The summed E-state index contributed by atoms with van der Waals surface area (Å²) in [6.45, 7) is 0. The smallest absolute Gasteiger partial charge is 0.216 e. The number of rotatable bonds is 12. The van der Waals surface area contributed by atoms with E-state index in [0.29, 0.717) is 57.8 Å². The quantitative estimate of drug-likeness (QED) is 0.141. The van der Waals surface area contributed by atoms with Gasteiger partial charge in [-0.3, -0.25) is 19.2 Å². The average Bonchev–Trinajstić information content (AvgIpc) is 3.04. The first kappa shape index (κ1) is 27.5. The van der Waals surface area contributed by atoms with Crippen molar-refractivity contribution >= 4 is 25.1 Å². The summed E-state index contributed by atoms with van der Waals surface area (Å²) in [7, 11) is 0. The Hall–Kier alpha value is -6.02. The van der Waals surface area contributed by atoms with Gasteiger partial charge < -0.3 is 18.9 Å². The predicted octanol–water partition coefficient (Wildman–Crippen LogP) is 8.11. The number of benzene rings is 5. The fraction of sp³-hybridized carbons (Fsp3) is 0. The second-order valence-corrected chi connectivity index (χ2v) is 8.88. The van der Waals surface area contributed by atoms with E-state index in [0.717, 1.165) is 12.6 Å². The van der Waals surface area contributed by atoms with Crippen LogP contribution in [0.3, 0.4) is 0 Å². The van der Waals surface area contributed by atoms with Crippen molar-refractivity contribution in [2.24, 2.45) is 0 Å². The standard InChI is InChI=1S/C34H22O8/c35-19-23-7-11-27(12-8-23)41-33-31(39-29-5-1-3-25(17-29)21-37)15-16-32(40-30-6-2-4-26(18-30)22-38)34(33)42-28-13-9-24(20-36)10-14-28/h1-22H. The molecule has 0 unspecified atom stereocenters. The van der Waals surface area contributed by atoms with Crippen LogP contribution in [0, 0.1) is 0 Å². The van der Waals surface area contributed by atoms with Gasteiger partial charge in [-0.1, -0.05) is 24.3 Å². The molecule has 0 aliphatic rings. The Morgan fingerprint density at radius 2 is 0.738 bits per heavy atom. The van der Waals surface area contributed by atoms with E-state index in [1.165, 1.54) is 0 Å². The summed E-state index contributed by atoms with van der Waals surface area (Å²) >= 11 is 0. The van der Waals surface area contributed by atoms with Gasteiger partial charge in [0.25, 0.3) is 0 Å². The normalized spacial score (nSPS) is 10.3. The Labute approximate surface area is 240 Å². The highest BCUT2D eigenvalue weighted by Crippen LogP contribution is 2.50. The largest absolute Gasteiger partial charge is 0.453 e. The summed E-state index contributed by atoms with van der Waals surface area (Å²) in [5.74, 6) is 2.17.